The van der Waals surface area contributed by atoms with Crippen LogP contribution < -0.4 is 5.32 Å². The summed E-state index contributed by atoms with van der Waals surface area (Å²) in [7, 11) is 1.88. The van der Waals surface area contributed by atoms with E-state index in [-0.39, 0.29) is 5.91 Å². The molecule has 13 heavy (non-hydrogen) atoms. The second-order valence-corrected chi connectivity index (χ2v) is 3.37. The Balaban J connectivity index is 3.69. The Labute approximate surface area is 81.5 Å². The second-order valence-electron chi connectivity index (χ2n) is 3.37. The zero-order valence-corrected chi connectivity index (χ0v) is 9.26. The monoisotopic (exact) mass is 186 g/mol. The van der Waals surface area contributed by atoms with Crippen LogP contribution in [-0.4, -0.2) is 37.0 Å². The van der Waals surface area contributed by atoms with E-state index in [2.05, 4.69) is 19.2 Å². The van der Waals surface area contributed by atoms with Crippen LogP contribution in [0.2, 0.25) is 0 Å². The van der Waals surface area contributed by atoms with Crippen LogP contribution in [0.25, 0.3) is 0 Å². The molecule has 0 aromatic carbocycles. The van der Waals surface area contributed by atoms with Gasteiger partial charge in [-0.05, 0) is 19.9 Å². The quantitative estimate of drug-likeness (QED) is 0.633. The molecule has 0 fully saturated rings. The Bertz CT molecular complexity index is 148. The van der Waals surface area contributed by atoms with Crippen LogP contribution >= 0.6 is 0 Å². The standard InChI is InChI=1S/C10H22N2O/c1-5-9(3)12(4)10(13)7-8-11-6-2/h9,11H,5-8H2,1-4H3. The SMILES string of the molecule is CCNCCC(=O)N(C)C(C)CC. The van der Waals surface area contributed by atoms with Gasteiger partial charge in [0, 0.05) is 26.1 Å². The number of rotatable bonds is 6. The van der Waals surface area contributed by atoms with Gasteiger partial charge in [-0.2, -0.15) is 0 Å². The van der Waals surface area contributed by atoms with Gasteiger partial charge in [0.05, 0.1) is 0 Å². The molecule has 1 N–H and O–H groups in total. The van der Waals surface area contributed by atoms with Crippen molar-refractivity contribution >= 4 is 5.91 Å². The fourth-order valence-electron chi connectivity index (χ4n) is 1.07. The Morgan fingerprint density at radius 1 is 1.46 bits per heavy atom. The number of carbonyl (C=O) groups excluding carboxylic acids is 1. The molecule has 0 spiro atoms. The fourth-order valence-corrected chi connectivity index (χ4v) is 1.07. The fraction of sp³-hybridized carbons (Fsp3) is 0.900. The first-order valence-electron chi connectivity index (χ1n) is 5.09. The average molecular weight is 186 g/mol. The van der Waals surface area contributed by atoms with E-state index in [1.807, 2.05) is 18.9 Å². The normalized spacial score (nSPS) is 12.6. The largest absolute Gasteiger partial charge is 0.343 e. The van der Waals surface area contributed by atoms with Crippen LogP contribution in [0.3, 0.4) is 0 Å². The summed E-state index contributed by atoms with van der Waals surface area (Å²) in [6, 6.07) is 0.356. The lowest BCUT2D eigenvalue weighted by Gasteiger charge is -2.23. The minimum atomic E-state index is 0.232. The van der Waals surface area contributed by atoms with E-state index < -0.39 is 0 Å². The van der Waals surface area contributed by atoms with Crippen LogP contribution in [0.5, 0.6) is 0 Å². The molecule has 0 aliphatic carbocycles. The summed E-state index contributed by atoms with van der Waals surface area (Å²) in [5.74, 6) is 0.232. The summed E-state index contributed by atoms with van der Waals surface area (Å²) in [5, 5.41) is 3.14. The molecule has 0 rings (SSSR count). The molecular weight excluding hydrogens is 164 g/mol. The Morgan fingerprint density at radius 3 is 2.54 bits per heavy atom. The Hall–Kier alpha value is -0.570. The van der Waals surface area contributed by atoms with E-state index in [1.54, 1.807) is 0 Å². The molecule has 0 saturated heterocycles. The number of amides is 1. The van der Waals surface area contributed by atoms with E-state index in [9.17, 15) is 4.79 Å². The highest BCUT2D eigenvalue weighted by molar-refractivity contribution is 5.76. The molecule has 3 heteroatoms. The van der Waals surface area contributed by atoms with Crippen molar-refractivity contribution in [1.29, 1.82) is 0 Å². The van der Waals surface area contributed by atoms with Crippen molar-refractivity contribution in [1.82, 2.24) is 10.2 Å². The molecule has 1 atom stereocenters. The number of nitrogens with zero attached hydrogens (tertiary/aromatic N) is 1. The summed E-state index contributed by atoms with van der Waals surface area (Å²) in [4.78, 5) is 13.3. The van der Waals surface area contributed by atoms with E-state index in [0.29, 0.717) is 12.5 Å². The van der Waals surface area contributed by atoms with Gasteiger partial charge in [-0.15, -0.1) is 0 Å². The molecule has 0 aliphatic heterocycles. The predicted molar refractivity (Wildman–Crippen MR) is 55.7 cm³/mol. The maximum atomic E-state index is 11.5. The van der Waals surface area contributed by atoms with E-state index in [0.717, 1.165) is 19.5 Å². The molecule has 0 aliphatic rings. The van der Waals surface area contributed by atoms with Crippen LogP contribution in [0, 0.1) is 0 Å². The van der Waals surface area contributed by atoms with Crippen molar-refractivity contribution in [3.05, 3.63) is 0 Å². The zero-order valence-electron chi connectivity index (χ0n) is 9.26. The Kier molecular flexibility index (Phi) is 6.59. The van der Waals surface area contributed by atoms with Crippen molar-refractivity contribution in [3.63, 3.8) is 0 Å². The third-order valence-electron chi connectivity index (χ3n) is 2.41. The van der Waals surface area contributed by atoms with Crippen molar-refractivity contribution in [3.8, 4) is 0 Å². The van der Waals surface area contributed by atoms with Gasteiger partial charge >= 0.3 is 0 Å². The van der Waals surface area contributed by atoms with Gasteiger partial charge in [-0.3, -0.25) is 4.79 Å². The number of hydrogen-bond acceptors (Lipinski definition) is 2. The Morgan fingerprint density at radius 2 is 2.08 bits per heavy atom. The topological polar surface area (TPSA) is 32.3 Å². The summed E-state index contributed by atoms with van der Waals surface area (Å²) in [6.45, 7) is 7.93. The van der Waals surface area contributed by atoms with Gasteiger partial charge in [-0.1, -0.05) is 13.8 Å². The molecule has 3 nitrogen and oxygen atoms in total. The molecule has 1 unspecified atom stereocenters. The lowest BCUT2D eigenvalue weighted by molar-refractivity contribution is -0.131. The minimum Gasteiger partial charge on any atom is -0.343 e. The van der Waals surface area contributed by atoms with Crippen molar-refractivity contribution in [2.24, 2.45) is 0 Å². The maximum Gasteiger partial charge on any atom is 0.223 e. The predicted octanol–water partition coefficient (Wildman–Crippen LogP) is 1.24. The van der Waals surface area contributed by atoms with Crippen LogP contribution in [-0.2, 0) is 4.79 Å². The average Bonchev–Trinajstić information content (AvgIpc) is 2.15. The second kappa shape index (κ2) is 6.89. The van der Waals surface area contributed by atoms with Gasteiger partial charge in [0.15, 0.2) is 0 Å². The molecule has 1 amide bonds. The van der Waals surface area contributed by atoms with Crippen molar-refractivity contribution in [2.75, 3.05) is 20.1 Å². The molecule has 0 saturated carbocycles. The van der Waals surface area contributed by atoms with Gasteiger partial charge < -0.3 is 10.2 Å². The number of hydrogen-bond donors (Lipinski definition) is 1. The first-order valence-corrected chi connectivity index (χ1v) is 5.09. The van der Waals surface area contributed by atoms with Crippen LogP contribution in [0.15, 0.2) is 0 Å². The summed E-state index contributed by atoms with van der Waals surface area (Å²) < 4.78 is 0. The van der Waals surface area contributed by atoms with E-state index >= 15 is 0 Å². The molecule has 0 aromatic heterocycles. The van der Waals surface area contributed by atoms with E-state index in [4.69, 9.17) is 0 Å². The van der Waals surface area contributed by atoms with Crippen LogP contribution in [0.1, 0.15) is 33.6 Å². The van der Waals surface area contributed by atoms with Crippen LogP contribution in [0.4, 0.5) is 0 Å². The molecule has 0 radical (unpaired) electrons. The molecule has 0 aromatic rings. The van der Waals surface area contributed by atoms with Crippen molar-refractivity contribution < 1.29 is 4.79 Å². The first-order chi connectivity index (χ1) is 6.13. The smallest absolute Gasteiger partial charge is 0.223 e. The summed E-state index contributed by atoms with van der Waals surface area (Å²) >= 11 is 0. The lowest BCUT2D eigenvalue weighted by atomic mass is 10.2. The van der Waals surface area contributed by atoms with E-state index in [1.165, 1.54) is 0 Å². The molecule has 0 bridgehead atoms. The third-order valence-corrected chi connectivity index (χ3v) is 2.41. The minimum absolute atomic E-state index is 0.232. The molecule has 0 heterocycles. The molecular formula is C10H22N2O. The highest BCUT2D eigenvalue weighted by atomic mass is 16.2. The number of nitrogens with one attached hydrogen (secondary N) is 1. The highest BCUT2D eigenvalue weighted by Gasteiger charge is 2.12. The maximum absolute atomic E-state index is 11.5. The molecule has 78 valence electrons. The summed E-state index contributed by atoms with van der Waals surface area (Å²) in [6.07, 6.45) is 1.62. The first kappa shape index (κ1) is 12.4. The van der Waals surface area contributed by atoms with Gasteiger partial charge in [-0.25, -0.2) is 0 Å². The van der Waals surface area contributed by atoms with Gasteiger partial charge in [0.1, 0.15) is 0 Å². The highest BCUT2D eigenvalue weighted by Crippen LogP contribution is 2.01. The van der Waals surface area contributed by atoms with Crippen molar-refractivity contribution in [2.45, 2.75) is 39.7 Å². The number of carbonyl (C=O) groups is 1. The third kappa shape index (κ3) is 4.88. The zero-order chi connectivity index (χ0) is 10.3. The van der Waals surface area contributed by atoms with Gasteiger partial charge in [0.2, 0.25) is 5.91 Å². The van der Waals surface area contributed by atoms with Gasteiger partial charge in [0.25, 0.3) is 0 Å². The lowest BCUT2D eigenvalue weighted by Crippen LogP contribution is -2.36. The summed E-state index contributed by atoms with van der Waals surface area (Å²) in [5.41, 5.74) is 0.